The monoisotopic (exact) mass is 441 g/mol. The van der Waals surface area contributed by atoms with Gasteiger partial charge in [-0.05, 0) is 28.7 Å². The number of rotatable bonds is 8. The van der Waals surface area contributed by atoms with Crippen molar-refractivity contribution in [2.75, 3.05) is 26.3 Å². The summed E-state index contributed by atoms with van der Waals surface area (Å²) in [5.41, 5.74) is 0.926. The van der Waals surface area contributed by atoms with Gasteiger partial charge in [0.25, 0.3) is 0 Å². The summed E-state index contributed by atoms with van der Waals surface area (Å²) >= 11 is 0. The van der Waals surface area contributed by atoms with Gasteiger partial charge in [0.1, 0.15) is 6.04 Å². The number of ether oxygens (including phenoxy) is 1. The number of amides is 3. The molecular weight excluding hydrogens is 409 g/mol. The first-order valence-electron chi connectivity index (χ1n) is 11.1. The Morgan fingerprint density at radius 3 is 2.44 bits per heavy atom. The zero-order valence-corrected chi connectivity index (χ0v) is 18.7. The van der Waals surface area contributed by atoms with Crippen molar-refractivity contribution in [1.29, 1.82) is 0 Å². The van der Waals surface area contributed by atoms with E-state index in [9.17, 15) is 19.6 Å². The number of fused-ring (bicyclic) bond motifs is 1. The van der Waals surface area contributed by atoms with Gasteiger partial charge in [0.05, 0.1) is 19.2 Å². The number of benzene rings is 2. The molecule has 1 aliphatic heterocycles. The minimum atomic E-state index is -1.69. The third kappa shape index (κ3) is 6.45. The minimum Gasteiger partial charge on any atom is -0.426 e. The molecule has 0 bridgehead atoms. The van der Waals surface area contributed by atoms with Crippen molar-refractivity contribution in [2.24, 2.45) is 5.92 Å². The number of carbonyl (C=O) groups excluding carboxylic acids is 2. The molecular formula is C23H32BN3O5. The van der Waals surface area contributed by atoms with E-state index in [4.69, 9.17) is 4.74 Å². The molecule has 3 amide bonds. The maximum absolute atomic E-state index is 13.2. The third-order valence-corrected chi connectivity index (χ3v) is 5.63. The van der Waals surface area contributed by atoms with E-state index in [0.29, 0.717) is 32.7 Å². The molecule has 0 saturated carbocycles. The lowest BCUT2D eigenvalue weighted by atomic mass is 9.75. The summed E-state index contributed by atoms with van der Waals surface area (Å²) in [6, 6.07) is 12.5. The maximum Gasteiger partial charge on any atom is 0.475 e. The van der Waals surface area contributed by atoms with Crippen LogP contribution in [0.25, 0.3) is 10.8 Å². The summed E-state index contributed by atoms with van der Waals surface area (Å²) in [7, 11) is -1.69. The van der Waals surface area contributed by atoms with Crippen LogP contribution in [-0.4, -0.2) is 72.3 Å². The molecule has 8 nitrogen and oxygen atoms in total. The first-order valence-corrected chi connectivity index (χ1v) is 11.1. The van der Waals surface area contributed by atoms with Crippen LogP contribution in [0.2, 0.25) is 0 Å². The van der Waals surface area contributed by atoms with Gasteiger partial charge in [-0.3, -0.25) is 4.79 Å². The molecule has 1 aliphatic rings. The maximum atomic E-state index is 13.2. The van der Waals surface area contributed by atoms with Crippen LogP contribution in [0.3, 0.4) is 0 Å². The molecule has 0 aliphatic carbocycles. The van der Waals surface area contributed by atoms with Gasteiger partial charge in [-0.2, -0.15) is 0 Å². The predicted octanol–water partition coefficient (Wildman–Crippen LogP) is 1.34. The van der Waals surface area contributed by atoms with Crippen LogP contribution in [0.5, 0.6) is 0 Å². The zero-order chi connectivity index (χ0) is 23.1. The molecule has 9 heteroatoms. The second-order valence-corrected chi connectivity index (χ2v) is 8.60. The van der Waals surface area contributed by atoms with Crippen LogP contribution in [0.4, 0.5) is 4.79 Å². The molecule has 0 spiro atoms. The van der Waals surface area contributed by atoms with Crippen LogP contribution in [0.1, 0.15) is 25.8 Å². The fraction of sp³-hybridized carbons (Fsp3) is 0.478. The number of morpholine rings is 1. The molecule has 2 atom stereocenters. The highest BCUT2D eigenvalue weighted by Gasteiger charge is 2.31. The molecule has 2 unspecified atom stereocenters. The molecule has 2 aromatic rings. The summed E-state index contributed by atoms with van der Waals surface area (Å²) < 4.78 is 5.31. The van der Waals surface area contributed by atoms with Gasteiger partial charge in [-0.15, -0.1) is 0 Å². The van der Waals surface area contributed by atoms with Crippen LogP contribution < -0.4 is 10.6 Å². The van der Waals surface area contributed by atoms with E-state index in [1.54, 1.807) is 4.90 Å². The third-order valence-electron chi connectivity index (χ3n) is 5.63. The molecule has 1 saturated heterocycles. The molecule has 1 heterocycles. The Morgan fingerprint density at radius 2 is 1.75 bits per heavy atom. The second kappa shape index (κ2) is 11.3. The largest absolute Gasteiger partial charge is 0.475 e. The zero-order valence-electron chi connectivity index (χ0n) is 18.7. The lowest BCUT2D eigenvalue weighted by molar-refractivity contribution is -0.123. The fourth-order valence-electron chi connectivity index (χ4n) is 3.95. The smallest absolute Gasteiger partial charge is 0.426 e. The number of nitrogens with zero attached hydrogens (tertiary/aromatic N) is 1. The second-order valence-electron chi connectivity index (χ2n) is 8.60. The number of nitrogens with one attached hydrogen (secondary N) is 2. The van der Waals surface area contributed by atoms with Crippen LogP contribution in [0.15, 0.2) is 42.5 Å². The number of hydrogen-bond donors (Lipinski definition) is 4. The molecule has 4 N–H and O–H groups in total. The Bertz CT molecular complexity index is 912. The van der Waals surface area contributed by atoms with Gasteiger partial charge in [0, 0.05) is 19.5 Å². The first-order chi connectivity index (χ1) is 15.3. The van der Waals surface area contributed by atoms with E-state index in [1.165, 1.54) is 0 Å². The van der Waals surface area contributed by atoms with E-state index in [0.717, 1.165) is 16.3 Å². The average Bonchev–Trinajstić information content (AvgIpc) is 2.78. The summed E-state index contributed by atoms with van der Waals surface area (Å²) in [4.78, 5) is 27.7. The van der Waals surface area contributed by atoms with Gasteiger partial charge in [0.2, 0.25) is 5.91 Å². The highest BCUT2D eigenvalue weighted by atomic mass is 16.5. The highest BCUT2D eigenvalue weighted by molar-refractivity contribution is 6.43. The van der Waals surface area contributed by atoms with Gasteiger partial charge >= 0.3 is 13.1 Å². The van der Waals surface area contributed by atoms with Crippen LogP contribution in [0, 0.1) is 5.92 Å². The highest BCUT2D eigenvalue weighted by Crippen LogP contribution is 2.20. The standard InChI is InChI=1S/C23H32BN3O5/c1-16(2)14-21(24(30)31)26-22(28)20(25-23(29)27-10-12-32-13-11-27)15-18-8-5-7-17-6-3-4-9-19(17)18/h3-9,16,20-21,30-31H,10-15H2,1-2H3,(H,25,29)(H,26,28). The van der Waals surface area contributed by atoms with Crippen molar-refractivity contribution in [2.45, 2.75) is 38.7 Å². The van der Waals surface area contributed by atoms with Crippen molar-refractivity contribution in [3.63, 3.8) is 0 Å². The van der Waals surface area contributed by atoms with E-state index < -0.39 is 25.0 Å². The molecule has 1 fully saturated rings. The van der Waals surface area contributed by atoms with E-state index in [1.807, 2.05) is 56.3 Å². The first kappa shape index (κ1) is 24.0. The quantitative estimate of drug-likeness (QED) is 0.462. The number of urea groups is 1. The lowest BCUT2D eigenvalue weighted by Crippen LogP contribution is -2.57. The predicted molar refractivity (Wildman–Crippen MR) is 124 cm³/mol. The van der Waals surface area contributed by atoms with E-state index in [-0.39, 0.29) is 18.4 Å². The Balaban J connectivity index is 1.82. The van der Waals surface area contributed by atoms with Gasteiger partial charge in [-0.25, -0.2) is 4.79 Å². The summed E-state index contributed by atoms with van der Waals surface area (Å²) in [6.07, 6.45) is 0.682. The molecule has 0 aromatic heterocycles. The lowest BCUT2D eigenvalue weighted by Gasteiger charge is -2.30. The summed E-state index contributed by atoms with van der Waals surface area (Å²) in [5, 5.41) is 27.1. The van der Waals surface area contributed by atoms with Crippen molar-refractivity contribution < 1.29 is 24.4 Å². The molecule has 2 aromatic carbocycles. The Hall–Kier alpha value is -2.62. The fourth-order valence-corrected chi connectivity index (χ4v) is 3.95. The van der Waals surface area contributed by atoms with Gasteiger partial charge < -0.3 is 30.3 Å². The molecule has 32 heavy (non-hydrogen) atoms. The van der Waals surface area contributed by atoms with Crippen molar-refractivity contribution in [1.82, 2.24) is 15.5 Å². The van der Waals surface area contributed by atoms with Gasteiger partial charge in [0.15, 0.2) is 0 Å². The Morgan fingerprint density at radius 1 is 1.06 bits per heavy atom. The molecule has 0 radical (unpaired) electrons. The summed E-state index contributed by atoms with van der Waals surface area (Å²) in [5.74, 6) is -1.11. The van der Waals surface area contributed by atoms with Crippen LogP contribution in [-0.2, 0) is 16.0 Å². The van der Waals surface area contributed by atoms with Gasteiger partial charge in [-0.1, -0.05) is 56.3 Å². The number of carbonyl (C=O) groups is 2. The van der Waals surface area contributed by atoms with Crippen molar-refractivity contribution in [3.8, 4) is 0 Å². The topological polar surface area (TPSA) is 111 Å². The van der Waals surface area contributed by atoms with Crippen molar-refractivity contribution in [3.05, 3.63) is 48.0 Å². The van der Waals surface area contributed by atoms with Crippen LogP contribution >= 0.6 is 0 Å². The average molecular weight is 441 g/mol. The van der Waals surface area contributed by atoms with Crippen molar-refractivity contribution >= 4 is 29.8 Å². The SMILES string of the molecule is CC(C)CC(NC(=O)C(Cc1cccc2ccccc12)NC(=O)N1CCOCC1)B(O)O. The Kier molecular flexibility index (Phi) is 8.49. The Labute approximate surface area is 189 Å². The van der Waals surface area contributed by atoms with E-state index >= 15 is 0 Å². The van der Waals surface area contributed by atoms with E-state index in [2.05, 4.69) is 10.6 Å². The minimum absolute atomic E-state index is 0.154. The molecule has 172 valence electrons. The normalized spacial score (nSPS) is 16.0. The molecule has 3 rings (SSSR count). The number of hydrogen-bond acceptors (Lipinski definition) is 5. The summed E-state index contributed by atoms with van der Waals surface area (Å²) in [6.45, 7) is 5.71.